The van der Waals surface area contributed by atoms with Crippen molar-refractivity contribution < 1.29 is 9.53 Å². The average Bonchev–Trinajstić information content (AvgIpc) is 3.40. The van der Waals surface area contributed by atoms with E-state index in [0.717, 1.165) is 5.56 Å². The van der Waals surface area contributed by atoms with Gasteiger partial charge in [-0.3, -0.25) is 4.57 Å². The Kier molecular flexibility index (Phi) is 4.21. The molecule has 0 aliphatic heterocycles. The van der Waals surface area contributed by atoms with Crippen LogP contribution >= 0.6 is 0 Å². The minimum atomic E-state index is -0.500. The van der Waals surface area contributed by atoms with E-state index in [0.29, 0.717) is 11.6 Å². The summed E-state index contributed by atoms with van der Waals surface area (Å²) in [6.07, 6.45) is 10.2. The van der Waals surface area contributed by atoms with Gasteiger partial charge in [0.2, 0.25) is 0 Å². The topological polar surface area (TPSA) is 87.7 Å². The Morgan fingerprint density at radius 2 is 2.00 bits per heavy atom. The zero-order valence-electron chi connectivity index (χ0n) is 13.6. The first-order valence-corrected chi connectivity index (χ1v) is 7.87. The van der Waals surface area contributed by atoms with Gasteiger partial charge in [0.25, 0.3) is 0 Å². The normalized spacial score (nSPS) is 10.6. The molecule has 128 valence electrons. The molecule has 4 rings (SSSR count). The molecule has 0 saturated carbocycles. The molecule has 0 unspecified atom stereocenters. The molecule has 4 aromatic heterocycles. The van der Waals surface area contributed by atoms with Crippen molar-refractivity contribution in [3.63, 3.8) is 0 Å². The molecular weight excluding hydrogens is 332 g/mol. The van der Waals surface area contributed by atoms with Crippen LogP contribution in [0, 0.1) is 0 Å². The number of esters is 1. The molecule has 0 N–H and O–H groups in total. The maximum absolute atomic E-state index is 12.3. The van der Waals surface area contributed by atoms with E-state index < -0.39 is 5.97 Å². The zero-order chi connectivity index (χ0) is 17.8. The Labute approximate surface area is 148 Å². The van der Waals surface area contributed by atoms with E-state index in [-0.39, 0.29) is 12.3 Å². The minimum Gasteiger partial charge on any atom is -0.456 e. The number of carbonyl (C=O) groups excluding carboxylic acids is 1. The second-order valence-corrected chi connectivity index (χ2v) is 5.40. The lowest BCUT2D eigenvalue weighted by Crippen LogP contribution is -2.10. The van der Waals surface area contributed by atoms with Gasteiger partial charge in [-0.25, -0.2) is 24.4 Å². The van der Waals surface area contributed by atoms with Crippen molar-refractivity contribution in [2.24, 2.45) is 0 Å². The summed E-state index contributed by atoms with van der Waals surface area (Å²) in [5.41, 5.74) is 1.04. The van der Waals surface area contributed by atoms with Crippen molar-refractivity contribution in [3.8, 4) is 11.6 Å². The molecule has 0 aromatic carbocycles. The fourth-order valence-electron chi connectivity index (χ4n) is 2.38. The molecule has 4 heterocycles. The highest BCUT2D eigenvalue weighted by Crippen LogP contribution is 2.10. The molecule has 0 amide bonds. The Hall–Kier alpha value is -3.81. The molecule has 8 nitrogen and oxygen atoms in total. The first-order valence-electron chi connectivity index (χ1n) is 7.87. The zero-order valence-corrected chi connectivity index (χ0v) is 13.6. The highest BCUT2D eigenvalue weighted by atomic mass is 16.5. The quantitative estimate of drug-likeness (QED) is 0.515. The molecule has 0 fully saturated rings. The molecule has 0 spiro atoms. The Bertz CT molecular complexity index is 1010. The molecule has 4 aromatic rings. The van der Waals surface area contributed by atoms with Gasteiger partial charge in [0.15, 0.2) is 11.5 Å². The van der Waals surface area contributed by atoms with E-state index in [1.54, 1.807) is 76.9 Å². The van der Waals surface area contributed by atoms with Gasteiger partial charge in [-0.15, -0.1) is 0 Å². The SMILES string of the molecule is O=C(OCc1ccnc(-n2ccnc2)c1)c1cccc(-n2cccn2)n1. The van der Waals surface area contributed by atoms with Gasteiger partial charge in [-0.05, 0) is 35.9 Å². The van der Waals surface area contributed by atoms with E-state index >= 15 is 0 Å². The first kappa shape index (κ1) is 15.7. The molecule has 0 aliphatic rings. The molecular formula is C18H14N6O2. The second kappa shape index (κ2) is 6.98. The monoisotopic (exact) mass is 346 g/mol. The van der Waals surface area contributed by atoms with Crippen LogP contribution in [0.1, 0.15) is 16.1 Å². The Morgan fingerprint density at radius 3 is 2.81 bits per heavy atom. The fourth-order valence-corrected chi connectivity index (χ4v) is 2.38. The van der Waals surface area contributed by atoms with Crippen LogP contribution in [0.2, 0.25) is 0 Å². The molecule has 8 heteroatoms. The van der Waals surface area contributed by atoms with Gasteiger partial charge in [0, 0.05) is 31.0 Å². The van der Waals surface area contributed by atoms with Crippen molar-refractivity contribution in [2.45, 2.75) is 6.61 Å². The molecule has 0 atom stereocenters. The lowest BCUT2D eigenvalue weighted by atomic mass is 10.3. The summed E-state index contributed by atoms with van der Waals surface area (Å²) in [5, 5.41) is 4.10. The summed E-state index contributed by atoms with van der Waals surface area (Å²) in [5.74, 6) is 0.755. The van der Waals surface area contributed by atoms with Gasteiger partial charge < -0.3 is 4.74 Å². The van der Waals surface area contributed by atoms with Gasteiger partial charge in [0.1, 0.15) is 18.8 Å². The van der Waals surface area contributed by atoms with Crippen molar-refractivity contribution in [1.29, 1.82) is 0 Å². The summed E-state index contributed by atoms with van der Waals surface area (Å²) >= 11 is 0. The number of nitrogens with zero attached hydrogens (tertiary/aromatic N) is 6. The number of pyridine rings is 2. The predicted octanol–water partition coefficient (Wildman–Crippen LogP) is 2.21. The van der Waals surface area contributed by atoms with Crippen LogP contribution in [-0.4, -0.2) is 35.3 Å². The third-order valence-corrected chi connectivity index (χ3v) is 3.63. The molecule has 0 saturated heterocycles. The van der Waals surface area contributed by atoms with Gasteiger partial charge in [-0.1, -0.05) is 6.07 Å². The molecule has 0 aliphatic carbocycles. The molecule has 26 heavy (non-hydrogen) atoms. The van der Waals surface area contributed by atoms with Crippen LogP contribution in [0.3, 0.4) is 0 Å². The van der Waals surface area contributed by atoms with Gasteiger partial charge >= 0.3 is 5.97 Å². The lowest BCUT2D eigenvalue weighted by molar-refractivity contribution is 0.0465. The summed E-state index contributed by atoms with van der Waals surface area (Å²) in [7, 11) is 0. The molecule has 0 radical (unpaired) electrons. The summed E-state index contributed by atoms with van der Waals surface area (Å²) in [6.45, 7) is 0.122. The number of imidazole rings is 1. The third kappa shape index (κ3) is 3.34. The largest absolute Gasteiger partial charge is 0.456 e. The smallest absolute Gasteiger partial charge is 0.357 e. The predicted molar refractivity (Wildman–Crippen MR) is 91.8 cm³/mol. The maximum atomic E-state index is 12.3. The van der Waals surface area contributed by atoms with E-state index in [9.17, 15) is 4.79 Å². The average molecular weight is 346 g/mol. The van der Waals surface area contributed by atoms with Crippen LogP contribution in [0.4, 0.5) is 0 Å². The number of aromatic nitrogens is 6. The Morgan fingerprint density at radius 1 is 1.04 bits per heavy atom. The summed E-state index contributed by atoms with van der Waals surface area (Å²) < 4.78 is 8.73. The van der Waals surface area contributed by atoms with Crippen LogP contribution in [0.25, 0.3) is 11.6 Å². The number of ether oxygens (including phenoxy) is 1. The highest BCUT2D eigenvalue weighted by molar-refractivity contribution is 5.87. The van der Waals surface area contributed by atoms with Gasteiger partial charge in [-0.2, -0.15) is 5.10 Å². The van der Waals surface area contributed by atoms with Crippen molar-refractivity contribution >= 4 is 5.97 Å². The number of hydrogen-bond acceptors (Lipinski definition) is 6. The van der Waals surface area contributed by atoms with Crippen LogP contribution in [0.15, 0.2) is 73.7 Å². The third-order valence-electron chi connectivity index (χ3n) is 3.63. The van der Waals surface area contributed by atoms with E-state index in [4.69, 9.17) is 4.74 Å². The van der Waals surface area contributed by atoms with Crippen LogP contribution in [0.5, 0.6) is 0 Å². The number of hydrogen-bond donors (Lipinski definition) is 0. The number of carbonyl (C=O) groups is 1. The summed E-state index contributed by atoms with van der Waals surface area (Å²) in [6, 6.07) is 10.5. The minimum absolute atomic E-state index is 0.122. The van der Waals surface area contributed by atoms with Crippen LogP contribution in [-0.2, 0) is 11.3 Å². The maximum Gasteiger partial charge on any atom is 0.357 e. The van der Waals surface area contributed by atoms with Crippen molar-refractivity contribution in [3.05, 3.63) is 85.0 Å². The highest BCUT2D eigenvalue weighted by Gasteiger charge is 2.11. The van der Waals surface area contributed by atoms with E-state index in [2.05, 4.69) is 20.1 Å². The van der Waals surface area contributed by atoms with Crippen LogP contribution < -0.4 is 0 Å². The fraction of sp³-hybridized carbons (Fsp3) is 0.0556. The van der Waals surface area contributed by atoms with Gasteiger partial charge in [0.05, 0.1) is 0 Å². The molecule has 0 bridgehead atoms. The lowest BCUT2D eigenvalue weighted by Gasteiger charge is -2.07. The number of rotatable bonds is 5. The van der Waals surface area contributed by atoms with Crippen molar-refractivity contribution in [2.75, 3.05) is 0 Å². The standard InChI is InChI=1S/C18H14N6O2/c25-18(15-3-1-4-16(22-15)24-9-2-6-21-24)26-12-14-5-7-20-17(11-14)23-10-8-19-13-23/h1-11,13H,12H2. The summed E-state index contributed by atoms with van der Waals surface area (Å²) in [4.78, 5) is 24.9. The van der Waals surface area contributed by atoms with Crippen molar-refractivity contribution in [1.82, 2.24) is 29.3 Å². The second-order valence-electron chi connectivity index (χ2n) is 5.40. The van der Waals surface area contributed by atoms with E-state index in [1.807, 2.05) is 6.07 Å². The van der Waals surface area contributed by atoms with E-state index in [1.165, 1.54) is 0 Å². The first-order chi connectivity index (χ1) is 12.8. The Balaban J connectivity index is 1.46.